The number of allylic oxidation sites excluding steroid dienone is 1. The van der Waals surface area contributed by atoms with Crippen molar-refractivity contribution in [2.24, 2.45) is 0 Å². The van der Waals surface area contributed by atoms with Crippen LogP contribution in [0.5, 0.6) is 0 Å². The Balaban J connectivity index is 1.61. The molecule has 0 atom stereocenters. The predicted molar refractivity (Wildman–Crippen MR) is 107 cm³/mol. The highest BCUT2D eigenvalue weighted by Gasteiger charge is 2.16. The summed E-state index contributed by atoms with van der Waals surface area (Å²) in [6, 6.07) is 12.5. The van der Waals surface area contributed by atoms with Gasteiger partial charge in [-0.2, -0.15) is 0 Å². The molecule has 0 unspecified atom stereocenters. The second-order valence-corrected chi connectivity index (χ2v) is 6.74. The van der Waals surface area contributed by atoms with Crippen LogP contribution in [0, 0.1) is 0 Å². The first-order valence-corrected chi connectivity index (χ1v) is 9.40. The molecule has 1 N–H and O–H groups in total. The van der Waals surface area contributed by atoms with Crippen LogP contribution < -0.4 is 10.2 Å². The van der Waals surface area contributed by atoms with Gasteiger partial charge in [0.05, 0.1) is 0 Å². The Morgan fingerprint density at radius 3 is 2.70 bits per heavy atom. The Morgan fingerprint density at radius 1 is 1.15 bits per heavy atom. The molecular formula is C22H25N3O2. The maximum absolute atomic E-state index is 12.7. The van der Waals surface area contributed by atoms with Crippen molar-refractivity contribution in [2.45, 2.75) is 32.1 Å². The lowest BCUT2D eigenvalue weighted by Crippen LogP contribution is -2.28. The van der Waals surface area contributed by atoms with Gasteiger partial charge in [-0.25, -0.2) is 0 Å². The molecule has 1 aliphatic carbocycles. The molecule has 1 heterocycles. The lowest BCUT2D eigenvalue weighted by Gasteiger charge is -2.17. The molecule has 0 saturated carbocycles. The first kappa shape index (κ1) is 18.8. The van der Waals surface area contributed by atoms with Crippen LogP contribution in [-0.2, 0) is 0 Å². The van der Waals surface area contributed by atoms with Crippen molar-refractivity contribution >= 4 is 17.5 Å². The van der Waals surface area contributed by atoms with E-state index in [-0.39, 0.29) is 17.5 Å². The van der Waals surface area contributed by atoms with Crippen molar-refractivity contribution in [1.29, 1.82) is 0 Å². The number of nitrogens with zero attached hydrogens (tertiary/aromatic N) is 2. The van der Waals surface area contributed by atoms with E-state index in [1.165, 1.54) is 29.5 Å². The molecule has 2 aromatic rings. The third-order valence-electron chi connectivity index (χ3n) is 4.81. The van der Waals surface area contributed by atoms with E-state index in [0.717, 1.165) is 24.9 Å². The third-order valence-corrected chi connectivity index (χ3v) is 4.81. The van der Waals surface area contributed by atoms with Crippen LogP contribution in [0.25, 0.3) is 0 Å². The number of hydrogen-bond donors (Lipinski definition) is 1. The third kappa shape index (κ3) is 5.03. The SMILES string of the molecule is CN(C(=O)c1cc(C(=O)NCCC2=CCCCC2)ccn1)c1ccccc1. The highest BCUT2D eigenvalue weighted by atomic mass is 16.2. The Labute approximate surface area is 160 Å². The van der Waals surface area contributed by atoms with Gasteiger partial charge in [0.25, 0.3) is 11.8 Å². The van der Waals surface area contributed by atoms with Crippen molar-refractivity contribution in [1.82, 2.24) is 10.3 Å². The number of hydrogen-bond acceptors (Lipinski definition) is 3. The van der Waals surface area contributed by atoms with Gasteiger partial charge in [-0.3, -0.25) is 14.6 Å². The van der Waals surface area contributed by atoms with Crippen LogP contribution >= 0.6 is 0 Å². The van der Waals surface area contributed by atoms with E-state index in [1.807, 2.05) is 30.3 Å². The summed E-state index contributed by atoms with van der Waals surface area (Å²) in [4.78, 5) is 30.8. The van der Waals surface area contributed by atoms with E-state index in [4.69, 9.17) is 0 Å². The van der Waals surface area contributed by atoms with Gasteiger partial charge >= 0.3 is 0 Å². The monoisotopic (exact) mass is 363 g/mol. The fourth-order valence-electron chi connectivity index (χ4n) is 3.20. The topological polar surface area (TPSA) is 62.3 Å². The fraction of sp³-hybridized carbons (Fsp3) is 0.318. The van der Waals surface area contributed by atoms with E-state index >= 15 is 0 Å². The standard InChI is InChI=1S/C22H25N3O2/c1-25(19-10-6-3-7-11-19)22(27)20-16-18(13-15-23-20)21(26)24-14-12-17-8-4-2-5-9-17/h3,6-8,10-11,13,15-16H,2,4-5,9,12,14H2,1H3,(H,24,26). The summed E-state index contributed by atoms with van der Waals surface area (Å²) in [5.74, 6) is -0.423. The van der Waals surface area contributed by atoms with Crippen molar-refractivity contribution in [3.8, 4) is 0 Å². The quantitative estimate of drug-likeness (QED) is 0.790. The zero-order valence-electron chi connectivity index (χ0n) is 15.6. The zero-order valence-corrected chi connectivity index (χ0v) is 15.6. The molecule has 3 rings (SSSR count). The summed E-state index contributed by atoms with van der Waals surface area (Å²) in [6.45, 7) is 0.611. The first-order chi connectivity index (χ1) is 13.1. The van der Waals surface area contributed by atoms with E-state index < -0.39 is 0 Å². The van der Waals surface area contributed by atoms with E-state index in [9.17, 15) is 9.59 Å². The van der Waals surface area contributed by atoms with Crippen LogP contribution in [0.1, 0.15) is 53.0 Å². The fourth-order valence-corrected chi connectivity index (χ4v) is 3.20. The summed E-state index contributed by atoms with van der Waals surface area (Å²) >= 11 is 0. The Kier molecular flexibility index (Phi) is 6.36. The number of carbonyl (C=O) groups excluding carboxylic acids is 2. The number of pyridine rings is 1. The highest BCUT2D eigenvalue weighted by Crippen LogP contribution is 2.19. The zero-order chi connectivity index (χ0) is 19.1. The molecule has 27 heavy (non-hydrogen) atoms. The lowest BCUT2D eigenvalue weighted by molar-refractivity contribution is 0.0954. The minimum Gasteiger partial charge on any atom is -0.352 e. The summed E-state index contributed by atoms with van der Waals surface area (Å²) in [7, 11) is 1.70. The second-order valence-electron chi connectivity index (χ2n) is 6.74. The van der Waals surface area contributed by atoms with Gasteiger partial charge in [0.1, 0.15) is 5.69 Å². The number of rotatable bonds is 6. The van der Waals surface area contributed by atoms with Gasteiger partial charge < -0.3 is 10.2 Å². The summed E-state index contributed by atoms with van der Waals surface area (Å²) in [6.07, 6.45) is 9.47. The molecule has 5 heteroatoms. The first-order valence-electron chi connectivity index (χ1n) is 9.40. The molecule has 1 aromatic heterocycles. The number of aromatic nitrogens is 1. The van der Waals surface area contributed by atoms with Gasteiger partial charge in [0, 0.05) is 31.0 Å². The minimum absolute atomic E-state index is 0.176. The van der Waals surface area contributed by atoms with E-state index in [0.29, 0.717) is 12.1 Å². The van der Waals surface area contributed by atoms with Crippen molar-refractivity contribution in [3.63, 3.8) is 0 Å². The largest absolute Gasteiger partial charge is 0.352 e. The summed E-state index contributed by atoms with van der Waals surface area (Å²) in [5.41, 5.74) is 2.91. The van der Waals surface area contributed by atoms with Crippen LogP contribution in [0.4, 0.5) is 5.69 Å². The van der Waals surface area contributed by atoms with Crippen LogP contribution in [-0.4, -0.2) is 30.4 Å². The number of carbonyl (C=O) groups is 2. The van der Waals surface area contributed by atoms with Crippen molar-refractivity contribution in [3.05, 3.63) is 71.6 Å². The average molecular weight is 363 g/mol. The number of amides is 2. The summed E-state index contributed by atoms with van der Waals surface area (Å²) in [5, 5.41) is 2.94. The number of para-hydroxylation sites is 1. The molecule has 1 aromatic carbocycles. The van der Waals surface area contributed by atoms with Gasteiger partial charge in [-0.1, -0.05) is 29.8 Å². The molecule has 0 spiro atoms. The Morgan fingerprint density at radius 2 is 1.96 bits per heavy atom. The lowest BCUT2D eigenvalue weighted by atomic mass is 9.97. The molecule has 0 fully saturated rings. The Bertz CT molecular complexity index is 830. The van der Waals surface area contributed by atoms with Crippen molar-refractivity contribution < 1.29 is 9.59 Å². The number of benzene rings is 1. The molecule has 0 bridgehead atoms. The molecule has 0 radical (unpaired) electrons. The van der Waals surface area contributed by atoms with Crippen molar-refractivity contribution in [2.75, 3.05) is 18.5 Å². The maximum Gasteiger partial charge on any atom is 0.276 e. The van der Waals surface area contributed by atoms with Gasteiger partial charge in [-0.15, -0.1) is 0 Å². The van der Waals surface area contributed by atoms with Crippen LogP contribution in [0.2, 0.25) is 0 Å². The maximum atomic E-state index is 12.7. The molecule has 0 saturated heterocycles. The molecule has 140 valence electrons. The number of anilines is 1. The van der Waals surface area contributed by atoms with Crippen LogP contribution in [0.15, 0.2) is 60.3 Å². The van der Waals surface area contributed by atoms with Gasteiger partial charge in [-0.05, 0) is 56.4 Å². The smallest absolute Gasteiger partial charge is 0.276 e. The normalized spacial score (nSPS) is 13.6. The van der Waals surface area contributed by atoms with Crippen LogP contribution in [0.3, 0.4) is 0 Å². The highest BCUT2D eigenvalue weighted by molar-refractivity contribution is 6.06. The second kappa shape index (κ2) is 9.12. The minimum atomic E-state index is -0.247. The molecule has 2 amide bonds. The molecule has 1 aliphatic rings. The van der Waals surface area contributed by atoms with E-state index in [2.05, 4.69) is 16.4 Å². The predicted octanol–water partition coefficient (Wildman–Crippen LogP) is 3.98. The molecular weight excluding hydrogens is 338 g/mol. The Hall–Kier alpha value is -2.95. The van der Waals surface area contributed by atoms with Gasteiger partial charge in [0.15, 0.2) is 0 Å². The number of nitrogens with one attached hydrogen (secondary N) is 1. The average Bonchev–Trinajstić information content (AvgIpc) is 2.74. The van der Waals surface area contributed by atoms with E-state index in [1.54, 1.807) is 19.2 Å². The summed E-state index contributed by atoms with van der Waals surface area (Å²) < 4.78 is 0. The molecule has 0 aliphatic heterocycles. The molecule has 5 nitrogen and oxygen atoms in total. The van der Waals surface area contributed by atoms with Gasteiger partial charge in [0.2, 0.25) is 0 Å².